The zero-order valence-corrected chi connectivity index (χ0v) is 16.8. The number of para-hydroxylation sites is 2. The Labute approximate surface area is 172 Å². The zero-order valence-electron chi connectivity index (χ0n) is 16.8. The highest BCUT2D eigenvalue weighted by atomic mass is 16.5. The topological polar surface area (TPSA) is 49.9 Å². The van der Waals surface area contributed by atoms with E-state index >= 15 is 0 Å². The van der Waals surface area contributed by atoms with Crippen molar-refractivity contribution in [3.8, 4) is 5.75 Å². The Balaban J connectivity index is 1.20. The van der Waals surface area contributed by atoms with E-state index in [1.165, 1.54) is 5.56 Å². The van der Waals surface area contributed by atoms with Crippen LogP contribution in [0.3, 0.4) is 0 Å². The molecule has 4 rings (SSSR count). The number of anilines is 1. The predicted octanol–water partition coefficient (Wildman–Crippen LogP) is 3.67. The number of carbonyl (C=O) groups excluding carboxylic acids is 2. The number of hydrogen-bond donors (Lipinski definition) is 0. The van der Waals surface area contributed by atoms with Crippen molar-refractivity contribution in [2.24, 2.45) is 5.92 Å². The van der Waals surface area contributed by atoms with Gasteiger partial charge in [0.05, 0.1) is 6.61 Å². The van der Waals surface area contributed by atoms with Gasteiger partial charge in [-0.2, -0.15) is 0 Å². The van der Waals surface area contributed by atoms with Gasteiger partial charge in [0.25, 0.3) is 0 Å². The van der Waals surface area contributed by atoms with Gasteiger partial charge in [0.2, 0.25) is 11.8 Å². The normalized spacial score (nSPS) is 16.6. The van der Waals surface area contributed by atoms with Crippen molar-refractivity contribution >= 4 is 17.5 Å². The number of likely N-dealkylation sites (tertiary alicyclic amines) is 1. The maximum atomic E-state index is 13.0. The third-order valence-corrected chi connectivity index (χ3v) is 5.90. The molecule has 5 heteroatoms. The number of rotatable bonds is 6. The summed E-state index contributed by atoms with van der Waals surface area (Å²) in [6.07, 6.45) is 3.64. The van der Waals surface area contributed by atoms with Crippen molar-refractivity contribution in [1.82, 2.24) is 4.90 Å². The molecule has 5 nitrogen and oxygen atoms in total. The SMILES string of the molecule is O=C(CCCOc1ccccc1)N1CCC(C(=O)N2CCc3ccccc32)CC1. The van der Waals surface area contributed by atoms with E-state index in [-0.39, 0.29) is 17.7 Å². The van der Waals surface area contributed by atoms with Crippen molar-refractivity contribution in [2.45, 2.75) is 32.1 Å². The van der Waals surface area contributed by atoms with Gasteiger partial charge in [-0.25, -0.2) is 0 Å². The van der Waals surface area contributed by atoms with Gasteiger partial charge in [0, 0.05) is 37.7 Å². The van der Waals surface area contributed by atoms with Crippen LogP contribution < -0.4 is 9.64 Å². The fourth-order valence-electron chi connectivity index (χ4n) is 4.25. The Morgan fingerprint density at radius 1 is 0.931 bits per heavy atom. The lowest BCUT2D eigenvalue weighted by atomic mass is 9.95. The molecule has 2 amide bonds. The lowest BCUT2D eigenvalue weighted by molar-refractivity contribution is -0.135. The molecule has 0 aliphatic carbocycles. The summed E-state index contributed by atoms with van der Waals surface area (Å²) >= 11 is 0. The largest absolute Gasteiger partial charge is 0.494 e. The first-order valence-corrected chi connectivity index (χ1v) is 10.6. The summed E-state index contributed by atoms with van der Waals surface area (Å²) in [6.45, 7) is 2.66. The molecule has 0 atom stereocenters. The Kier molecular flexibility index (Phi) is 6.13. The van der Waals surface area contributed by atoms with Gasteiger partial charge in [0.1, 0.15) is 5.75 Å². The smallest absolute Gasteiger partial charge is 0.230 e. The summed E-state index contributed by atoms with van der Waals surface area (Å²) in [4.78, 5) is 29.3. The third-order valence-electron chi connectivity index (χ3n) is 5.90. The molecule has 1 saturated heterocycles. The summed E-state index contributed by atoms with van der Waals surface area (Å²) in [5, 5.41) is 0. The number of piperidine rings is 1. The van der Waals surface area contributed by atoms with Gasteiger partial charge in [-0.1, -0.05) is 36.4 Å². The van der Waals surface area contributed by atoms with E-state index < -0.39 is 0 Å². The second kappa shape index (κ2) is 9.12. The highest BCUT2D eigenvalue weighted by molar-refractivity contribution is 5.97. The molecule has 29 heavy (non-hydrogen) atoms. The number of fused-ring (bicyclic) bond motifs is 1. The Hall–Kier alpha value is -2.82. The molecule has 0 bridgehead atoms. The molecule has 0 saturated carbocycles. The first kappa shape index (κ1) is 19.5. The van der Waals surface area contributed by atoms with E-state index in [1.807, 2.05) is 58.3 Å². The van der Waals surface area contributed by atoms with Crippen LogP contribution >= 0.6 is 0 Å². The molecule has 0 aromatic heterocycles. The molecule has 2 aromatic rings. The minimum atomic E-state index is 0.0200. The van der Waals surface area contributed by atoms with Gasteiger partial charge in [-0.05, 0) is 49.4 Å². The number of hydrogen-bond acceptors (Lipinski definition) is 3. The fourth-order valence-corrected chi connectivity index (χ4v) is 4.25. The molecule has 2 aliphatic heterocycles. The van der Waals surface area contributed by atoms with Crippen LogP contribution in [0.5, 0.6) is 5.75 Å². The quantitative estimate of drug-likeness (QED) is 0.705. The van der Waals surface area contributed by atoms with Crippen molar-refractivity contribution < 1.29 is 14.3 Å². The van der Waals surface area contributed by atoms with Gasteiger partial charge < -0.3 is 14.5 Å². The van der Waals surface area contributed by atoms with Gasteiger partial charge in [0.15, 0.2) is 0 Å². The van der Waals surface area contributed by atoms with E-state index in [2.05, 4.69) is 6.07 Å². The number of nitrogens with zero attached hydrogens (tertiary/aromatic N) is 2. The number of carbonyl (C=O) groups is 2. The van der Waals surface area contributed by atoms with Crippen LogP contribution in [0.15, 0.2) is 54.6 Å². The molecule has 2 aromatic carbocycles. The second-order valence-electron chi connectivity index (χ2n) is 7.79. The van der Waals surface area contributed by atoms with Gasteiger partial charge in [-0.15, -0.1) is 0 Å². The Morgan fingerprint density at radius 3 is 2.45 bits per heavy atom. The molecule has 0 radical (unpaired) electrons. The molecule has 0 unspecified atom stereocenters. The van der Waals surface area contributed by atoms with E-state index in [1.54, 1.807) is 0 Å². The fraction of sp³-hybridized carbons (Fsp3) is 0.417. The molecule has 152 valence electrons. The maximum absolute atomic E-state index is 13.0. The summed E-state index contributed by atoms with van der Waals surface area (Å²) in [6, 6.07) is 17.8. The lowest BCUT2D eigenvalue weighted by Crippen LogP contribution is -2.44. The molecular weight excluding hydrogens is 364 g/mol. The van der Waals surface area contributed by atoms with Crippen molar-refractivity contribution in [3.05, 3.63) is 60.2 Å². The van der Waals surface area contributed by atoms with Gasteiger partial charge in [-0.3, -0.25) is 9.59 Å². The van der Waals surface area contributed by atoms with E-state index in [4.69, 9.17) is 4.74 Å². The first-order chi connectivity index (χ1) is 14.2. The van der Waals surface area contributed by atoms with Gasteiger partial charge >= 0.3 is 0 Å². The van der Waals surface area contributed by atoms with Crippen molar-refractivity contribution in [2.75, 3.05) is 31.1 Å². The van der Waals surface area contributed by atoms with Crippen molar-refractivity contribution in [1.29, 1.82) is 0 Å². The first-order valence-electron chi connectivity index (χ1n) is 10.6. The van der Waals surface area contributed by atoms with Crippen LogP contribution in [-0.4, -0.2) is 43.0 Å². The van der Waals surface area contributed by atoms with E-state index in [9.17, 15) is 9.59 Å². The number of ether oxygens (including phenoxy) is 1. The highest BCUT2D eigenvalue weighted by Gasteiger charge is 2.33. The minimum Gasteiger partial charge on any atom is -0.494 e. The van der Waals surface area contributed by atoms with Crippen LogP contribution in [0, 0.1) is 5.92 Å². The predicted molar refractivity (Wildman–Crippen MR) is 113 cm³/mol. The highest BCUT2D eigenvalue weighted by Crippen LogP contribution is 2.31. The van der Waals surface area contributed by atoms with Crippen LogP contribution in [-0.2, 0) is 16.0 Å². The standard InChI is InChI=1S/C24H28N2O3/c27-23(11-6-18-29-21-8-2-1-3-9-21)25-15-12-20(13-16-25)24(28)26-17-14-19-7-4-5-10-22(19)26/h1-5,7-10,20H,6,11-18H2. The second-order valence-corrected chi connectivity index (χ2v) is 7.79. The molecule has 2 aliphatic rings. The molecule has 1 fully saturated rings. The van der Waals surface area contributed by atoms with E-state index in [0.717, 1.165) is 37.2 Å². The summed E-state index contributed by atoms with van der Waals surface area (Å²) in [5.74, 6) is 1.24. The molecular formula is C24H28N2O3. The number of amides is 2. The summed E-state index contributed by atoms with van der Waals surface area (Å²) in [7, 11) is 0. The van der Waals surface area contributed by atoms with Crippen LogP contribution in [0.2, 0.25) is 0 Å². The lowest BCUT2D eigenvalue weighted by Gasteiger charge is -2.33. The van der Waals surface area contributed by atoms with E-state index in [0.29, 0.717) is 32.5 Å². The molecule has 2 heterocycles. The molecule has 0 spiro atoms. The van der Waals surface area contributed by atoms with Crippen LogP contribution in [0.4, 0.5) is 5.69 Å². The Morgan fingerprint density at radius 2 is 1.66 bits per heavy atom. The molecule has 0 N–H and O–H groups in total. The third kappa shape index (κ3) is 4.61. The Bertz CT molecular complexity index is 844. The summed E-state index contributed by atoms with van der Waals surface area (Å²) < 4.78 is 5.66. The minimum absolute atomic E-state index is 0.0200. The van der Waals surface area contributed by atoms with Crippen LogP contribution in [0.25, 0.3) is 0 Å². The van der Waals surface area contributed by atoms with Crippen molar-refractivity contribution in [3.63, 3.8) is 0 Å². The monoisotopic (exact) mass is 392 g/mol. The number of benzene rings is 2. The average molecular weight is 392 g/mol. The maximum Gasteiger partial charge on any atom is 0.230 e. The summed E-state index contributed by atoms with van der Waals surface area (Å²) in [5.41, 5.74) is 2.32. The van der Waals surface area contributed by atoms with Crippen LogP contribution in [0.1, 0.15) is 31.2 Å². The average Bonchev–Trinajstić information content (AvgIpc) is 3.21. The zero-order chi connectivity index (χ0) is 20.1.